The maximum atomic E-state index is 10.2. The average Bonchev–Trinajstić information content (AvgIpc) is 2.43. The Kier molecular flexibility index (Phi) is 5.90. The van der Waals surface area contributed by atoms with E-state index in [9.17, 15) is 4.79 Å². The van der Waals surface area contributed by atoms with Crippen molar-refractivity contribution in [3.05, 3.63) is 29.8 Å². The van der Waals surface area contributed by atoms with E-state index >= 15 is 0 Å². The van der Waals surface area contributed by atoms with E-state index < -0.39 is 6.10 Å². The van der Waals surface area contributed by atoms with Crippen molar-refractivity contribution in [1.82, 2.24) is 0 Å². The Morgan fingerprint density at radius 2 is 2.00 bits per heavy atom. The van der Waals surface area contributed by atoms with Gasteiger partial charge in [0, 0.05) is 0 Å². The topological polar surface area (TPSA) is 76.0 Å². The summed E-state index contributed by atoms with van der Waals surface area (Å²) in [6, 6.07) is 5.09. The first kappa shape index (κ1) is 14.2. The smallest absolute Gasteiger partial charge is 0.161 e. The number of rotatable bonds is 7. The molecular formula is C13H16O5. The molecule has 0 aliphatic carbocycles. The van der Waals surface area contributed by atoms with Crippen LogP contribution in [0.1, 0.15) is 5.56 Å². The molecule has 98 valence electrons. The number of allylic oxidation sites excluding steroid dienone is 1. The molecule has 1 aromatic carbocycles. The molecule has 0 amide bonds. The first-order valence-electron chi connectivity index (χ1n) is 5.43. The van der Waals surface area contributed by atoms with E-state index in [4.69, 9.17) is 19.7 Å². The number of aliphatic hydroxyl groups is 2. The van der Waals surface area contributed by atoms with Crippen LogP contribution in [-0.4, -0.2) is 42.9 Å². The van der Waals surface area contributed by atoms with Gasteiger partial charge in [-0.3, -0.25) is 4.79 Å². The Morgan fingerprint density at radius 1 is 1.28 bits per heavy atom. The third-order valence-electron chi connectivity index (χ3n) is 2.26. The molecule has 0 fully saturated rings. The van der Waals surface area contributed by atoms with Crippen LogP contribution in [0.5, 0.6) is 11.5 Å². The minimum absolute atomic E-state index is 0.285. The number of benzene rings is 1. The molecule has 0 aliphatic rings. The first-order valence-corrected chi connectivity index (χ1v) is 5.43. The number of hydrogen-bond donors (Lipinski definition) is 2. The standard InChI is InChI=1S/C13H16O5/c1-17-13-7-10(3-2-6-14)4-5-12(13)18-11(8-15)9-16/h2-7,11,15-16H,8-9H2,1H3. The fourth-order valence-corrected chi connectivity index (χ4v) is 1.35. The summed E-state index contributed by atoms with van der Waals surface area (Å²) in [7, 11) is 1.49. The number of hydrogen-bond acceptors (Lipinski definition) is 5. The quantitative estimate of drug-likeness (QED) is 0.550. The van der Waals surface area contributed by atoms with Crippen LogP contribution in [0.15, 0.2) is 24.3 Å². The zero-order valence-corrected chi connectivity index (χ0v) is 10.1. The Hall–Kier alpha value is -1.85. The van der Waals surface area contributed by atoms with Crippen molar-refractivity contribution in [2.45, 2.75) is 6.10 Å². The number of carbonyl (C=O) groups excluding carboxylic acids is 1. The Morgan fingerprint density at radius 3 is 2.56 bits per heavy atom. The fourth-order valence-electron chi connectivity index (χ4n) is 1.35. The number of carbonyl (C=O) groups is 1. The fraction of sp³-hybridized carbons (Fsp3) is 0.308. The van der Waals surface area contributed by atoms with Gasteiger partial charge in [0.05, 0.1) is 20.3 Å². The molecule has 5 heteroatoms. The van der Waals surface area contributed by atoms with E-state index in [-0.39, 0.29) is 13.2 Å². The van der Waals surface area contributed by atoms with Crippen LogP contribution in [0.4, 0.5) is 0 Å². The van der Waals surface area contributed by atoms with Crippen LogP contribution in [0, 0.1) is 0 Å². The van der Waals surface area contributed by atoms with Gasteiger partial charge in [-0.25, -0.2) is 0 Å². The van der Waals surface area contributed by atoms with Gasteiger partial charge in [-0.1, -0.05) is 12.1 Å². The van der Waals surface area contributed by atoms with E-state index in [0.717, 1.165) is 5.56 Å². The SMILES string of the molecule is COc1cc(C=CC=O)ccc1OC(CO)CO. The average molecular weight is 252 g/mol. The zero-order chi connectivity index (χ0) is 13.4. The van der Waals surface area contributed by atoms with Crippen molar-refractivity contribution >= 4 is 12.4 Å². The zero-order valence-electron chi connectivity index (χ0n) is 10.1. The molecule has 0 spiro atoms. The molecule has 0 unspecified atom stereocenters. The van der Waals surface area contributed by atoms with Crippen molar-refractivity contribution in [2.24, 2.45) is 0 Å². The Balaban J connectivity index is 2.92. The lowest BCUT2D eigenvalue weighted by Gasteiger charge is -2.16. The molecule has 0 atom stereocenters. The maximum absolute atomic E-state index is 10.2. The molecule has 0 aliphatic heterocycles. The molecule has 5 nitrogen and oxygen atoms in total. The third-order valence-corrected chi connectivity index (χ3v) is 2.26. The van der Waals surface area contributed by atoms with Gasteiger partial charge in [0.15, 0.2) is 11.5 Å². The summed E-state index contributed by atoms with van der Waals surface area (Å²) in [5, 5.41) is 17.9. The third kappa shape index (κ3) is 3.87. The summed E-state index contributed by atoms with van der Waals surface area (Å²) in [5.74, 6) is 0.892. The summed E-state index contributed by atoms with van der Waals surface area (Å²) < 4.78 is 10.5. The second-order valence-electron chi connectivity index (χ2n) is 3.51. The van der Waals surface area contributed by atoms with E-state index in [1.807, 2.05) is 0 Å². The highest BCUT2D eigenvalue weighted by Gasteiger charge is 2.11. The Bertz CT molecular complexity index is 410. The van der Waals surface area contributed by atoms with E-state index in [0.29, 0.717) is 17.8 Å². The molecule has 0 heterocycles. The number of methoxy groups -OCH3 is 1. The van der Waals surface area contributed by atoms with Crippen LogP contribution in [0.25, 0.3) is 6.08 Å². The second-order valence-corrected chi connectivity index (χ2v) is 3.51. The first-order chi connectivity index (χ1) is 8.74. The Labute approximate surface area is 105 Å². The van der Waals surface area contributed by atoms with Crippen LogP contribution in [0.2, 0.25) is 0 Å². The lowest BCUT2D eigenvalue weighted by molar-refractivity contribution is -0.104. The molecule has 1 rings (SSSR count). The van der Waals surface area contributed by atoms with Gasteiger partial charge in [-0.05, 0) is 23.8 Å². The number of aldehydes is 1. The second kappa shape index (κ2) is 7.47. The lowest BCUT2D eigenvalue weighted by atomic mass is 10.2. The molecule has 2 N–H and O–H groups in total. The minimum Gasteiger partial charge on any atom is -0.493 e. The van der Waals surface area contributed by atoms with Crippen LogP contribution in [0.3, 0.4) is 0 Å². The summed E-state index contributed by atoms with van der Waals surface area (Å²) in [5.41, 5.74) is 0.788. The van der Waals surface area contributed by atoms with E-state index in [2.05, 4.69) is 0 Å². The molecule has 0 saturated carbocycles. The monoisotopic (exact) mass is 252 g/mol. The summed E-state index contributed by atoms with van der Waals surface area (Å²) in [6.45, 7) is -0.571. The van der Waals surface area contributed by atoms with Gasteiger partial charge in [-0.15, -0.1) is 0 Å². The molecule has 18 heavy (non-hydrogen) atoms. The predicted molar refractivity (Wildman–Crippen MR) is 66.7 cm³/mol. The van der Waals surface area contributed by atoms with Crippen molar-refractivity contribution in [1.29, 1.82) is 0 Å². The summed E-state index contributed by atoms with van der Waals surface area (Å²) in [4.78, 5) is 10.2. The van der Waals surface area contributed by atoms with Crippen LogP contribution < -0.4 is 9.47 Å². The largest absolute Gasteiger partial charge is 0.493 e. The highest BCUT2D eigenvalue weighted by Crippen LogP contribution is 2.29. The van der Waals surface area contributed by atoms with Crippen LogP contribution in [-0.2, 0) is 4.79 Å². The number of ether oxygens (including phenoxy) is 2. The molecule has 0 bridgehead atoms. The van der Waals surface area contributed by atoms with Gasteiger partial charge >= 0.3 is 0 Å². The van der Waals surface area contributed by atoms with Crippen molar-refractivity contribution in [3.63, 3.8) is 0 Å². The van der Waals surface area contributed by atoms with Gasteiger partial charge in [0.2, 0.25) is 0 Å². The molecule has 0 radical (unpaired) electrons. The molecule has 1 aromatic rings. The molecule has 0 aromatic heterocycles. The van der Waals surface area contributed by atoms with E-state index in [1.165, 1.54) is 13.2 Å². The van der Waals surface area contributed by atoms with Gasteiger partial charge in [-0.2, -0.15) is 0 Å². The lowest BCUT2D eigenvalue weighted by Crippen LogP contribution is -2.25. The van der Waals surface area contributed by atoms with Crippen molar-refractivity contribution < 1.29 is 24.5 Å². The van der Waals surface area contributed by atoms with E-state index in [1.54, 1.807) is 24.3 Å². The minimum atomic E-state index is -0.685. The summed E-state index contributed by atoms with van der Waals surface area (Å²) >= 11 is 0. The van der Waals surface area contributed by atoms with Gasteiger partial charge in [0.25, 0.3) is 0 Å². The van der Waals surface area contributed by atoms with Crippen LogP contribution >= 0.6 is 0 Å². The maximum Gasteiger partial charge on any atom is 0.161 e. The van der Waals surface area contributed by atoms with Gasteiger partial charge in [0.1, 0.15) is 12.4 Å². The molecular weight excluding hydrogens is 236 g/mol. The predicted octanol–water partition coefficient (Wildman–Crippen LogP) is 0.639. The van der Waals surface area contributed by atoms with Crippen molar-refractivity contribution in [3.8, 4) is 11.5 Å². The highest BCUT2D eigenvalue weighted by atomic mass is 16.5. The highest BCUT2D eigenvalue weighted by molar-refractivity contribution is 5.74. The normalized spacial score (nSPS) is 10.9. The number of aliphatic hydroxyl groups excluding tert-OH is 2. The summed E-state index contributed by atoms with van der Waals surface area (Å²) in [6.07, 6.45) is 3.01. The van der Waals surface area contributed by atoms with Gasteiger partial charge < -0.3 is 19.7 Å². The van der Waals surface area contributed by atoms with Crippen molar-refractivity contribution in [2.75, 3.05) is 20.3 Å². The molecule has 0 saturated heterocycles.